The topological polar surface area (TPSA) is 64.0 Å². The molecule has 4 bridgehead atoms. The number of nitrogens with one attached hydrogen (secondary N) is 1. The molecule has 172 valence electrons. The number of thioether (sulfide) groups is 1. The Hall–Kier alpha value is -2.34. The van der Waals surface area contributed by atoms with Gasteiger partial charge in [-0.1, -0.05) is 36.0 Å². The molecule has 7 rings (SSSR count). The molecule has 1 atom stereocenters. The number of hydrogen-bond acceptors (Lipinski definition) is 4. The van der Waals surface area contributed by atoms with Crippen LogP contribution >= 0.6 is 11.8 Å². The molecule has 1 amide bonds. The number of nitrogens with zero attached hydrogens (tertiary/aromatic N) is 2. The Balaban J connectivity index is 1.28. The average molecular weight is 462 g/mol. The van der Waals surface area contributed by atoms with Crippen molar-refractivity contribution in [1.29, 1.82) is 0 Å². The molecule has 4 aliphatic rings. The van der Waals surface area contributed by atoms with Gasteiger partial charge in [-0.3, -0.25) is 14.2 Å². The van der Waals surface area contributed by atoms with E-state index in [1.54, 1.807) is 4.57 Å². The minimum Gasteiger partial charge on any atom is -0.350 e. The smallest absolute Gasteiger partial charge is 0.262 e. The van der Waals surface area contributed by atoms with Crippen LogP contribution < -0.4 is 10.9 Å². The Morgan fingerprint density at radius 2 is 1.73 bits per heavy atom. The summed E-state index contributed by atoms with van der Waals surface area (Å²) in [6.45, 7) is 4.43. The van der Waals surface area contributed by atoms with Gasteiger partial charge in [0, 0.05) is 12.1 Å². The van der Waals surface area contributed by atoms with E-state index in [9.17, 15) is 9.59 Å². The maximum atomic E-state index is 13.3. The predicted octanol–water partition coefficient (Wildman–Crippen LogP) is 5.14. The summed E-state index contributed by atoms with van der Waals surface area (Å²) in [5, 5.41) is 6.53. The summed E-state index contributed by atoms with van der Waals surface area (Å²) in [7, 11) is 0. The quantitative estimate of drug-likeness (QED) is 0.325. The molecule has 4 saturated carbocycles. The first-order valence-electron chi connectivity index (χ1n) is 12.3. The second-order valence-corrected chi connectivity index (χ2v) is 11.9. The van der Waals surface area contributed by atoms with Crippen LogP contribution in [-0.2, 0) is 11.3 Å². The highest BCUT2D eigenvalue weighted by Crippen LogP contribution is 2.55. The molecule has 3 aromatic rings. The van der Waals surface area contributed by atoms with Crippen molar-refractivity contribution < 1.29 is 4.79 Å². The highest BCUT2D eigenvalue weighted by Gasteiger charge is 2.51. The SMILES string of the molecule is CCn1c(SC(C)C(=O)NC23CC4CC(CC(C4)C2)C3)nc2cc3ccccc3cc2c1=O. The van der Waals surface area contributed by atoms with E-state index in [-0.39, 0.29) is 22.3 Å². The van der Waals surface area contributed by atoms with Crippen molar-refractivity contribution in [3.05, 3.63) is 46.8 Å². The summed E-state index contributed by atoms with van der Waals surface area (Å²) >= 11 is 1.41. The van der Waals surface area contributed by atoms with Crippen LogP contribution in [0.15, 0.2) is 46.3 Å². The van der Waals surface area contributed by atoms with E-state index in [4.69, 9.17) is 4.98 Å². The van der Waals surface area contributed by atoms with Crippen LogP contribution in [-0.4, -0.2) is 26.2 Å². The highest BCUT2D eigenvalue weighted by molar-refractivity contribution is 8.00. The number of carbonyl (C=O) groups is 1. The van der Waals surface area contributed by atoms with E-state index in [0.717, 1.165) is 47.8 Å². The summed E-state index contributed by atoms with van der Waals surface area (Å²) < 4.78 is 1.70. The molecule has 4 aliphatic carbocycles. The van der Waals surface area contributed by atoms with Crippen molar-refractivity contribution in [3.8, 4) is 0 Å². The van der Waals surface area contributed by atoms with Crippen molar-refractivity contribution >= 4 is 39.3 Å². The van der Waals surface area contributed by atoms with Gasteiger partial charge < -0.3 is 5.32 Å². The third kappa shape index (κ3) is 3.67. The fraction of sp³-hybridized carbons (Fsp3) is 0.519. The highest BCUT2D eigenvalue weighted by atomic mass is 32.2. The molecule has 2 aromatic carbocycles. The summed E-state index contributed by atoms with van der Waals surface area (Å²) in [6, 6.07) is 11.9. The standard InChI is InChI=1S/C27H31N3O2S/c1-3-30-25(32)22-11-20-6-4-5-7-21(20)12-23(22)28-26(30)33-16(2)24(31)29-27-13-17-8-18(14-27)10-19(9-17)15-27/h4-7,11-12,16-19H,3,8-10,13-15H2,1-2H3,(H,29,31). The maximum absolute atomic E-state index is 13.3. The largest absolute Gasteiger partial charge is 0.350 e. The minimum absolute atomic E-state index is 0.000799. The number of aromatic nitrogens is 2. The van der Waals surface area contributed by atoms with Gasteiger partial charge in [-0.2, -0.15) is 0 Å². The van der Waals surface area contributed by atoms with Gasteiger partial charge in [-0.15, -0.1) is 0 Å². The molecular formula is C27H31N3O2S. The Labute approximate surface area is 198 Å². The number of amides is 1. The molecule has 4 fully saturated rings. The number of hydrogen-bond donors (Lipinski definition) is 1. The lowest BCUT2D eigenvalue weighted by molar-refractivity contribution is -0.126. The van der Waals surface area contributed by atoms with Crippen LogP contribution in [0.3, 0.4) is 0 Å². The summed E-state index contributed by atoms with van der Waals surface area (Å²) in [4.78, 5) is 31.4. The van der Waals surface area contributed by atoms with Crippen LogP contribution in [0.2, 0.25) is 0 Å². The molecule has 1 N–H and O–H groups in total. The zero-order valence-electron chi connectivity index (χ0n) is 19.3. The van der Waals surface area contributed by atoms with Crippen LogP contribution in [0.5, 0.6) is 0 Å². The predicted molar refractivity (Wildman–Crippen MR) is 134 cm³/mol. The van der Waals surface area contributed by atoms with Crippen LogP contribution in [0, 0.1) is 17.8 Å². The molecule has 0 saturated heterocycles. The number of rotatable bonds is 5. The van der Waals surface area contributed by atoms with Crippen LogP contribution in [0.25, 0.3) is 21.7 Å². The molecule has 0 radical (unpaired) electrons. The monoisotopic (exact) mass is 461 g/mol. The Morgan fingerprint density at radius 1 is 1.12 bits per heavy atom. The number of carbonyl (C=O) groups excluding carboxylic acids is 1. The second kappa shape index (κ2) is 7.86. The van der Waals surface area contributed by atoms with E-state index < -0.39 is 0 Å². The molecule has 33 heavy (non-hydrogen) atoms. The van der Waals surface area contributed by atoms with Gasteiger partial charge in [-0.25, -0.2) is 4.98 Å². The lowest BCUT2D eigenvalue weighted by Gasteiger charge is -2.57. The lowest BCUT2D eigenvalue weighted by Crippen LogP contribution is -2.60. The Kier molecular flexibility index (Phi) is 5.05. The van der Waals surface area contributed by atoms with Gasteiger partial charge in [0.05, 0.1) is 16.2 Å². The van der Waals surface area contributed by atoms with E-state index in [2.05, 4.69) is 5.32 Å². The molecule has 5 nitrogen and oxygen atoms in total. The van der Waals surface area contributed by atoms with E-state index >= 15 is 0 Å². The Bertz CT molecular complexity index is 1280. The van der Waals surface area contributed by atoms with Gasteiger partial charge in [0.15, 0.2) is 5.16 Å². The molecule has 1 unspecified atom stereocenters. The molecule has 0 aliphatic heterocycles. The average Bonchev–Trinajstić information content (AvgIpc) is 2.77. The molecule has 6 heteroatoms. The van der Waals surface area contributed by atoms with Crippen LogP contribution in [0.4, 0.5) is 0 Å². The summed E-state index contributed by atoms with van der Waals surface area (Å²) in [6.07, 6.45) is 7.50. The third-order valence-corrected chi connectivity index (χ3v) is 9.27. The van der Waals surface area contributed by atoms with Crippen molar-refractivity contribution in [2.75, 3.05) is 0 Å². The molecule has 0 spiro atoms. The normalized spacial score (nSPS) is 29.0. The third-order valence-electron chi connectivity index (χ3n) is 8.18. The van der Waals surface area contributed by atoms with Gasteiger partial charge in [0.1, 0.15) is 0 Å². The van der Waals surface area contributed by atoms with Gasteiger partial charge in [0.25, 0.3) is 5.56 Å². The number of benzene rings is 2. The van der Waals surface area contributed by atoms with Crippen molar-refractivity contribution in [2.24, 2.45) is 17.8 Å². The lowest BCUT2D eigenvalue weighted by atomic mass is 9.53. The van der Waals surface area contributed by atoms with E-state index in [1.807, 2.05) is 50.2 Å². The zero-order chi connectivity index (χ0) is 22.7. The fourth-order valence-corrected chi connectivity index (χ4v) is 8.07. The Morgan fingerprint density at radius 3 is 2.33 bits per heavy atom. The van der Waals surface area contributed by atoms with Crippen molar-refractivity contribution in [3.63, 3.8) is 0 Å². The molecule has 1 aromatic heterocycles. The van der Waals surface area contributed by atoms with Gasteiger partial charge >= 0.3 is 0 Å². The van der Waals surface area contributed by atoms with Crippen LogP contribution in [0.1, 0.15) is 52.4 Å². The molecular weight excluding hydrogens is 430 g/mol. The summed E-state index contributed by atoms with van der Waals surface area (Å²) in [5.74, 6) is 2.46. The van der Waals surface area contributed by atoms with Gasteiger partial charge in [-0.05, 0) is 93.0 Å². The van der Waals surface area contributed by atoms with E-state index in [0.29, 0.717) is 22.6 Å². The first-order valence-corrected chi connectivity index (χ1v) is 13.2. The number of fused-ring (bicyclic) bond motifs is 2. The second-order valence-electron chi connectivity index (χ2n) is 10.6. The molecule has 1 heterocycles. The maximum Gasteiger partial charge on any atom is 0.262 e. The van der Waals surface area contributed by atoms with Crippen molar-refractivity contribution in [2.45, 2.75) is 74.9 Å². The first-order chi connectivity index (χ1) is 15.9. The van der Waals surface area contributed by atoms with E-state index in [1.165, 1.54) is 31.0 Å². The first kappa shape index (κ1) is 21.2. The fourth-order valence-electron chi connectivity index (χ4n) is 7.09. The summed E-state index contributed by atoms with van der Waals surface area (Å²) in [5.41, 5.74) is 0.657. The zero-order valence-corrected chi connectivity index (χ0v) is 20.2. The van der Waals surface area contributed by atoms with Crippen molar-refractivity contribution in [1.82, 2.24) is 14.9 Å². The minimum atomic E-state index is -0.305. The van der Waals surface area contributed by atoms with Gasteiger partial charge in [0.2, 0.25) is 5.91 Å².